The summed E-state index contributed by atoms with van der Waals surface area (Å²) in [6.45, 7) is 0. The lowest BCUT2D eigenvalue weighted by molar-refractivity contribution is 0.0963. The number of carbonyl (C=O) groups excluding carboxylic acids is 1. The van der Waals surface area contributed by atoms with Crippen LogP contribution in [0.25, 0.3) is 0 Å². The lowest BCUT2D eigenvalue weighted by Crippen LogP contribution is -2.17. The molecule has 0 heterocycles. The van der Waals surface area contributed by atoms with Crippen LogP contribution >= 0.6 is 22.6 Å². The predicted octanol–water partition coefficient (Wildman–Crippen LogP) is 1.98. The maximum Gasteiger partial charge on any atom is 0.251 e. The Morgan fingerprint density at radius 3 is 1.95 bits per heavy atom. The molecule has 0 radical (unpaired) electrons. The van der Waals surface area contributed by atoms with E-state index in [9.17, 15) is 13.2 Å². The molecule has 0 aliphatic carbocycles. The summed E-state index contributed by atoms with van der Waals surface area (Å²) in [4.78, 5) is 11.2. The van der Waals surface area contributed by atoms with E-state index >= 15 is 0 Å². The van der Waals surface area contributed by atoms with Gasteiger partial charge < -0.3 is 5.32 Å². The van der Waals surface area contributed by atoms with E-state index in [1.54, 1.807) is 37.4 Å². The summed E-state index contributed by atoms with van der Waals surface area (Å²) >= 11 is 2.20. The second-order valence-electron chi connectivity index (χ2n) is 3.94. The zero-order valence-electron chi connectivity index (χ0n) is 11.3. The largest absolute Gasteiger partial charge is 0.355 e. The first kappa shape index (κ1) is 17.6. The van der Waals surface area contributed by atoms with E-state index < -0.39 is 10.0 Å². The molecule has 21 heavy (non-hydrogen) atoms. The maximum absolute atomic E-state index is 11.0. The van der Waals surface area contributed by atoms with Crippen LogP contribution in [0.1, 0.15) is 10.4 Å². The summed E-state index contributed by atoms with van der Waals surface area (Å²) in [6, 6.07) is 15.3. The van der Waals surface area contributed by atoms with Crippen molar-refractivity contribution in [2.45, 2.75) is 4.90 Å². The molecule has 0 saturated heterocycles. The highest BCUT2D eigenvalue weighted by atomic mass is 127. The Labute approximate surface area is 137 Å². The van der Waals surface area contributed by atoms with Crippen molar-refractivity contribution >= 4 is 38.5 Å². The average molecular weight is 418 g/mol. The normalized spacial score (nSPS) is 10.2. The highest BCUT2D eigenvalue weighted by Crippen LogP contribution is 2.06. The van der Waals surface area contributed by atoms with E-state index in [0.29, 0.717) is 5.56 Å². The van der Waals surface area contributed by atoms with Gasteiger partial charge in [0.2, 0.25) is 10.0 Å². The minimum atomic E-state index is -3.50. The molecule has 0 saturated carbocycles. The van der Waals surface area contributed by atoms with Gasteiger partial charge in [-0.15, -0.1) is 0 Å². The van der Waals surface area contributed by atoms with Crippen LogP contribution < -0.4 is 10.5 Å². The van der Waals surface area contributed by atoms with Crippen LogP contribution in [-0.2, 0) is 10.0 Å². The zero-order valence-corrected chi connectivity index (χ0v) is 14.3. The summed E-state index contributed by atoms with van der Waals surface area (Å²) in [5, 5.41) is 7.39. The molecule has 0 bridgehead atoms. The molecule has 0 aromatic heterocycles. The van der Waals surface area contributed by atoms with Gasteiger partial charge in [-0.05, 0) is 59.0 Å². The molecule has 112 valence electrons. The Morgan fingerprint density at radius 1 is 1.05 bits per heavy atom. The first-order valence-electron chi connectivity index (χ1n) is 5.90. The molecule has 0 unspecified atom stereocenters. The van der Waals surface area contributed by atoms with Crippen LogP contribution in [0.2, 0.25) is 0 Å². The molecule has 5 nitrogen and oxygen atoms in total. The van der Waals surface area contributed by atoms with Crippen LogP contribution in [0.15, 0.2) is 59.5 Å². The molecule has 0 spiro atoms. The lowest BCUT2D eigenvalue weighted by Gasteiger charge is -1.97. The van der Waals surface area contributed by atoms with Gasteiger partial charge in [-0.1, -0.05) is 18.2 Å². The van der Waals surface area contributed by atoms with Crippen LogP contribution in [0, 0.1) is 3.57 Å². The second-order valence-corrected chi connectivity index (χ2v) is 6.75. The van der Waals surface area contributed by atoms with Crippen molar-refractivity contribution in [1.82, 2.24) is 5.32 Å². The molecule has 7 heteroatoms. The first-order chi connectivity index (χ1) is 9.84. The van der Waals surface area contributed by atoms with Crippen molar-refractivity contribution < 1.29 is 13.2 Å². The number of nitrogens with one attached hydrogen (secondary N) is 1. The number of sulfonamides is 1. The molecule has 0 fully saturated rings. The first-order valence-corrected chi connectivity index (χ1v) is 8.52. The van der Waals surface area contributed by atoms with Crippen molar-refractivity contribution in [1.29, 1.82) is 0 Å². The molecule has 3 N–H and O–H groups in total. The Morgan fingerprint density at radius 2 is 1.57 bits per heavy atom. The number of rotatable bonds is 2. The number of nitrogens with two attached hydrogens (primary N) is 1. The number of amides is 1. The minimum Gasteiger partial charge on any atom is -0.355 e. The number of halogens is 1. The van der Waals surface area contributed by atoms with Gasteiger partial charge in [0.1, 0.15) is 0 Å². The number of carbonyl (C=O) groups is 1. The van der Waals surface area contributed by atoms with Gasteiger partial charge in [0.25, 0.3) is 5.91 Å². The SMILES string of the molecule is CNC(=O)c1ccc(I)cc1.NS(=O)(=O)c1ccccc1. The summed E-state index contributed by atoms with van der Waals surface area (Å²) < 4.78 is 22.4. The second kappa shape index (κ2) is 8.11. The van der Waals surface area contributed by atoms with Crippen molar-refractivity contribution in [3.05, 3.63) is 63.7 Å². The third kappa shape index (κ3) is 6.23. The molecule has 2 aromatic carbocycles. The predicted molar refractivity (Wildman–Crippen MR) is 90.4 cm³/mol. The maximum atomic E-state index is 11.0. The van der Waals surface area contributed by atoms with E-state index in [1.165, 1.54) is 12.1 Å². The molecule has 2 aromatic rings. The molecule has 2 rings (SSSR count). The van der Waals surface area contributed by atoms with E-state index in [4.69, 9.17) is 5.14 Å². The van der Waals surface area contributed by atoms with Crippen molar-refractivity contribution in [2.24, 2.45) is 5.14 Å². The van der Waals surface area contributed by atoms with E-state index in [2.05, 4.69) is 27.9 Å². The summed E-state index contributed by atoms with van der Waals surface area (Å²) in [5.41, 5.74) is 0.702. The fourth-order valence-corrected chi connectivity index (χ4v) is 2.25. The Kier molecular flexibility index (Phi) is 6.79. The fraction of sp³-hybridized carbons (Fsp3) is 0.0714. The standard InChI is InChI=1S/C8H8INO.C6H7NO2S/c1-10-8(11)6-2-4-7(9)5-3-6;7-10(8,9)6-4-2-1-3-5-6/h2-5H,1H3,(H,10,11);1-5H,(H2,7,8,9). The molecule has 0 aliphatic rings. The number of hydrogen-bond donors (Lipinski definition) is 2. The zero-order chi connectivity index (χ0) is 15.9. The Balaban J connectivity index is 0.000000211. The third-order valence-electron chi connectivity index (χ3n) is 2.41. The number of hydrogen-bond acceptors (Lipinski definition) is 3. The lowest BCUT2D eigenvalue weighted by atomic mass is 10.2. The highest BCUT2D eigenvalue weighted by Gasteiger charge is 2.03. The van der Waals surface area contributed by atoms with Crippen LogP contribution in [0.4, 0.5) is 0 Å². The van der Waals surface area contributed by atoms with Gasteiger partial charge in [0.05, 0.1) is 4.90 Å². The van der Waals surface area contributed by atoms with Crippen LogP contribution in [0.3, 0.4) is 0 Å². The summed E-state index contributed by atoms with van der Waals surface area (Å²) in [7, 11) is -1.88. The molecule has 1 amide bonds. The minimum absolute atomic E-state index is 0.0404. The summed E-state index contributed by atoms with van der Waals surface area (Å²) in [6.07, 6.45) is 0. The van der Waals surface area contributed by atoms with Crippen molar-refractivity contribution in [3.63, 3.8) is 0 Å². The van der Waals surface area contributed by atoms with Gasteiger partial charge in [0.15, 0.2) is 0 Å². The van der Waals surface area contributed by atoms with Crippen LogP contribution in [0.5, 0.6) is 0 Å². The average Bonchev–Trinajstić information content (AvgIpc) is 2.48. The van der Waals surface area contributed by atoms with E-state index in [1.807, 2.05) is 12.1 Å². The highest BCUT2D eigenvalue weighted by molar-refractivity contribution is 14.1. The van der Waals surface area contributed by atoms with Crippen LogP contribution in [-0.4, -0.2) is 21.4 Å². The quantitative estimate of drug-likeness (QED) is 0.732. The molecular formula is C14H15IN2O3S. The topological polar surface area (TPSA) is 89.3 Å². The molecular weight excluding hydrogens is 403 g/mol. The number of benzene rings is 2. The van der Waals surface area contributed by atoms with Gasteiger partial charge in [-0.25, -0.2) is 13.6 Å². The van der Waals surface area contributed by atoms with Gasteiger partial charge in [-0.3, -0.25) is 4.79 Å². The summed E-state index contributed by atoms with van der Waals surface area (Å²) in [5.74, 6) is -0.0404. The van der Waals surface area contributed by atoms with Gasteiger partial charge >= 0.3 is 0 Å². The number of primary sulfonamides is 1. The molecule has 0 aliphatic heterocycles. The smallest absolute Gasteiger partial charge is 0.251 e. The van der Waals surface area contributed by atoms with Crippen molar-refractivity contribution in [2.75, 3.05) is 7.05 Å². The Hall–Kier alpha value is -1.45. The van der Waals surface area contributed by atoms with Crippen molar-refractivity contribution in [3.8, 4) is 0 Å². The van der Waals surface area contributed by atoms with Gasteiger partial charge in [0, 0.05) is 16.2 Å². The van der Waals surface area contributed by atoms with E-state index in [-0.39, 0.29) is 10.8 Å². The van der Waals surface area contributed by atoms with Gasteiger partial charge in [-0.2, -0.15) is 0 Å². The Bertz CT molecular complexity index is 686. The third-order valence-corrected chi connectivity index (χ3v) is 4.05. The monoisotopic (exact) mass is 418 g/mol. The van der Waals surface area contributed by atoms with E-state index in [0.717, 1.165) is 3.57 Å². The fourth-order valence-electron chi connectivity index (χ4n) is 1.36. The molecule has 0 atom stereocenters.